The maximum absolute atomic E-state index is 12.2. The molecule has 5 nitrogen and oxygen atoms in total. The lowest BCUT2D eigenvalue weighted by atomic mass is 9.91. The maximum Gasteiger partial charge on any atom is 0.260 e. The summed E-state index contributed by atoms with van der Waals surface area (Å²) < 4.78 is 10.7. The van der Waals surface area contributed by atoms with E-state index in [1.54, 1.807) is 24.1 Å². The molecule has 5 heteroatoms. The van der Waals surface area contributed by atoms with E-state index < -0.39 is 0 Å². The van der Waals surface area contributed by atoms with Crippen LogP contribution in [0, 0.1) is 5.92 Å². The number of carbonyl (C=O) groups excluding carboxylic acids is 2. The van der Waals surface area contributed by atoms with E-state index in [0.29, 0.717) is 36.8 Å². The Kier molecular flexibility index (Phi) is 5.81. The molecule has 0 saturated carbocycles. The van der Waals surface area contributed by atoms with E-state index in [-0.39, 0.29) is 18.4 Å². The van der Waals surface area contributed by atoms with Crippen LogP contribution in [-0.4, -0.2) is 43.4 Å². The third-order valence-electron chi connectivity index (χ3n) is 4.07. The van der Waals surface area contributed by atoms with Gasteiger partial charge < -0.3 is 14.4 Å². The van der Waals surface area contributed by atoms with Crippen LogP contribution in [0.1, 0.15) is 26.2 Å². The van der Waals surface area contributed by atoms with Crippen LogP contribution in [0.15, 0.2) is 24.3 Å². The van der Waals surface area contributed by atoms with Crippen LogP contribution >= 0.6 is 0 Å². The molecule has 0 unspecified atom stereocenters. The Hall–Kier alpha value is -2.04. The van der Waals surface area contributed by atoms with Crippen molar-refractivity contribution in [1.29, 1.82) is 0 Å². The van der Waals surface area contributed by atoms with Crippen molar-refractivity contribution in [3.63, 3.8) is 0 Å². The molecule has 1 aliphatic rings. The molecule has 1 heterocycles. The molecule has 1 amide bonds. The zero-order chi connectivity index (χ0) is 15.9. The third kappa shape index (κ3) is 4.00. The Labute approximate surface area is 131 Å². The highest BCUT2D eigenvalue weighted by Crippen LogP contribution is 2.26. The van der Waals surface area contributed by atoms with Crippen LogP contribution in [-0.2, 0) is 9.59 Å². The van der Waals surface area contributed by atoms with Crippen LogP contribution in [0.4, 0.5) is 0 Å². The first-order chi connectivity index (χ1) is 10.7. The SMILES string of the molecule is CCC(=O)C1CCN(C(=O)COc2ccccc2OC)CC1. The Bertz CT molecular complexity index is 521. The summed E-state index contributed by atoms with van der Waals surface area (Å²) >= 11 is 0. The summed E-state index contributed by atoms with van der Waals surface area (Å²) in [6.45, 7) is 3.14. The molecule has 2 rings (SSSR count). The van der Waals surface area contributed by atoms with Crippen molar-refractivity contribution in [2.24, 2.45) is 5.92 Å². The minimum atomic E-state index is -0.0479. The Morgan fingerprint density at radius 3 is 2.41 bits per heavy atom. The standard InChI is InChI=1S/C17H23NO4/c1-3-14(19)13-8-10-18(11-9-13)17(20)12-22-16-7-5-4-6-15(16)21-2/h4-7,13H,3,8-12H2,1-2H3. The van der Waals surface area contributed by atoms with Crippen molar-refractivity contribution in [3.8, 4) is 11.5 Å². The van der Waals surface area contributed by atoms with Gasteiger partial charge in [-0.15, -0.1) is 0 Å². The number of carbonyl (C=O) groups is 2. The summed E-state index contributed by atoms with van der Waals surface area (Å²) in [5.74, 6) is 1.55. The molecule has 1 aliphatic heterocycles. The number of amides is 1. The van der Waals surface area contributed by atoms with Gasteiger partial charge >= 0.3 is 0 Å². The van der Waals surface area contributed by atoms with Crippen LogP contribution in [0.5, 0.6) is 11.5 Å². The van der Waals surface area contributed by atoms with Crippen molar-refractivity contribution >= 4 is 11.7 Å². The number of ether oxygens (including phenoxy) is 2. The summed E-state index contributed by atoms with van der Waals surface area (Å²) in [5, 5.41) is 0. The minimum Gasteiger partial charge on any atom is -0.493 e. The van der Waals surface area contributed by atoms with Crippen molar-refractivity contribution in [2.45, 2.75) is 26.2 Å². The number of ketones is 1. The second kappa shape index (κ2) is 7.82. The highest BCUT2D eigenvalue weighted by Gasteiger charge is 2.26. The highest BCUT2D eigenvalue weighted by atomic mass is 16.5. The number of likely N-dealkylation sites (tertiary alicyclic amines) is 1. The number of hydrogen-bond acceptors (Lipinski definition) is 4. The van der Waals surface area contributed by atoms with Gasteiger partial charge in [-0.1, -0.05) is 19.1 Å². The van der Waals surface area contributed by atoms with Gasteiger partial charge in [-0.25, -0.2) is 0 Å². The summed E-state index contributed by atoms with van der Waals surface area (Å²) in [6.07, 6.45) is 2.09. The number of nitrogens with zero attached hydrogens (tertiary/aromatic N) is 1. The van der Waals surface area contributed by atoms with Gasteiger partial charge in [-0.2, -0.15) is 0 Å². The van der Waals surface area contributed by atoms with Gasteiger partial charge in [0, 0.05) is 25.4 Å². The Morgan fingerprint density at radius 1 is 1.18 bits per heavy atom. The number of benzene rings is 1. The number of Topliss-reactive ketones (excluding diaryl/α,β-unsaturated/α-hetero) is 1. The molecule has 1 saturated heterocycles. The van der Waals surface area contributed by atoms with Gasteiger partial charge in [-0.05, 0) is 25.0 Å². The molecule has 0 radical (unpaired) electrons. The molecule has 0 aliphatic carbocycles. The van der Waals surface area contributed by atoms with E-state index in [0.717, 1.165) is 12.8 Å². The number of piperidine rings is 1. The average Bonchev–Trinajstić information content (AvgIpc) is 2.59. The molecule has 1 aromatic carbocycles. The van der Waals surface area contributed by atoms with Gasteiger partial charge in [0.2, 0.25) is 0 Å². The molecule has 22 heavy (non-hydrogen) atoms. The largest absolute Gasteiger partial charge is 0.493 e. The predicted octanol–water partition coefficient (Wildman–Crippen LogP) is 2.29. The summed E-state index contributed by atoms with van der Waals surface area (Å²) in [7, 11) is 1.57. The molecule has 0 atom stereocenters. The fraction of sp³-hybridized carbons (Fsp3) is 0.529. The Morgan fingerprint density at radius 2 is 1.82 bits per heavy atom. The van der Waals surface area contributed by atoms with Crippen LogP contribution in [0.2, 0.25) is 0 Å². The fourth-order valence-corrected chi connectivity index (χ4v) is 2.71. The molecule has 1 fully saturated rings. The monoisotopic (exact) mass is 305 g/mol. The lowest BCUT2D eigenvalue weighted by molar-refractivity contribution is -0.136. The first-order valence-electron chi connectivity index (χ1n) is 7.72. The van der Waals surface area contributed by atoms with Crippen LogP contribution in [0.25, 0.3) is 0 Å². The van der Waals surface area contributed by atoms with Crippen LogP contribution in [0.3, 0.4) is 0 Å². The zero-order valence-corrected chi connectivity index (χ0v) is 13.2. The zero-order valence-electron chi connectivity index (χ0n) is 13.2. The van der Waals surface area contributed by atoms with Crippen molar-refractivity contribution in [3.05, 3.63) is 24.3 Å². The third-order valence-corrected chi connectivity index (χ3v) is 4.07. The average molecular weight is 305 g/mol. The van der Waals surface area contributed by atoms with Gasteiger partial charge in [0.15, 0.2) is 18.1 Å². The topological polar surface area (TPSA) is 55.8 Å². The van der Waals surface area contributed by atoms with Crippen molar-refractivity contribution in [2.75, 3.05) is 26.8 Å². The van der Waals surface area contributed by atoms with Gasteiger partial charge in [0.05, 0.1) is 7.11 Å². The van der Waals surface area contributed by atoms with Gasteiger partial charge in [0.25, 0.3) is 5.91 Å². The Balaban J connectivity index is 1.82. The normalized spacial score (nSPS) is 15.5. The first kappa shape index (κ1) is 16.3. The number of methoxy groups -OCH3 is 1. The van der Waals surface area contributed by atoms with Crippen molar-refractivity contribution < 1.29 is 19.1 Å². The quantitative estimate of drug-likeness (QED) is 0.809. The van der Waals surface area contributed by atoms with Crippen molar-refractivity contribution in [1.82, 2.24) is 4.90 Å². The predicted molar refractivity (Wildman–Crippen MR) is 83.1 cm³/mol. The van der Waals surface area contributed by atoms with Gasteiger partial charge in [-0.3, -0.25) is 9.59 Å². The van der Waals surface area contributed by atoms with Gasteiger partial charge in [0.1, 0.15) is 5.78 Å². The number of rotatable bonds is 6. The second-order valence-corrected chi connectivity index (χ2v) is 5.41. The number of hydrogen-bond donors (Lipinski definition) is 0. The number of para-hydroxylation sites is 2. The van der Waals surface area contributed by atoms with E-state index >= 15 is 0 Å². The molecule has 0 spiro atoms. The lowest BCUT2D eigenvalue weighted by Crippen LogP contribution is -2.42. The van der Waals surface area contributed by atoms with Crippen LogP contribution < -0.4 is 9.47 Å². The summed E-state index contributed by atoms with van der Waals surface area (Å²) in [5.41, 5.74) is 0. The molecule has 120 valence electrons. The second-order valence-electron chi connectivity index (χ2n) is 5.41. The van der Waals surface area contributed by atoms with E-state index in [2.05, 4.69) is 0 Å². The minimum absolute atomic E-state index is 0.00718. The molecular formula is C17H23NO4. The maximum atomic E-state index is 12.2. The highest BCUT2D eigenvalue weighted by molar-refractivity contribution is 5.82. The van der Waals surface area contributed by atoms with E-state index in [9.17, 15) is 9.59 Å². The first-order valence-corrected chi connectivity index (χ1v) is 7.72. The molecule has 0 aromatic heterocycles. The fourth-order valence-electron chi connectivity index (χ4n) is 2.71. The molecule has 0 bridgehead atoms. The van der Waals surface area contributed by atoms with E-state index in [1.807, 2.05) is 19.1 Å². The lowest BCUT2D eigenvalue weighted by Gasteiger charge is -2.31. The van der Waals surface area contributed by atoms with E-state index in [4.69, 9.17) is 9.47 Å². The molecule has 1 aromatic rings. The summed E-state index contributed by atoms with van der Waals surface area (Å²) in [6, 6.07) is 7.26. The summed E-state index contributed by atoms with van der Waals surface area (Å²) in [4.78, 5) is 25.6. The smallest absolute Gasteiger partial charge is 0.260 e. The molecule has 0 N–H and O–H groups in total. The van der Waals surface area contributed by atoms with E-state index in [1.165, 1.54) is 0 Å². The molecular weight excluding hydrogens is 282 g/mol.